The Morgan fingerprint density at radius 1 is 1.77 bits per heavy atom. The molecule has 3 nitrogen and oxygen atoms in total. The molecule has 0 amide bonds. The Labute approximate surface area is 77.5 Å². The Kier molecular flexibility index (Phi) is 1.93. The first kappa shape index (κ1) is 8.78. The lowest BCUT2D eigenvalue weighted by Gasteiger charge is -2.26. The van der Waals surface area contributed by atoms with Crippen LogP contribution in [-0.2, 0) is 12.0 Å². The molecule has 0 aliphatic heterocycles. The van der Waals surface area contributed by atoms with Crippen LogP contribution in [0, 0.1) is 5.92 Å². The number of aliphatic hydroxyl groups is 1. The SMILES string of the molecule is CC1Cc2ccoc2C1(O)CCN. The van der Waals surface area contributed by atoms with E-state index in [4.69, 9.17) is 10.2 Å². The van der Waals surface area contributed by atoms with Gasteiger partial charge in [0.1, 0.15) is 11.4 Å². The lowest BCUT2D eigenvalue weighted by molar-refractivity contribution is -0.0278. The second-order valence-electron chi connectivity index (χ2n) is 3.84. The summed E-state index contributed by atoms with van der Waals surface area (Å²) in [5.74, 6) is 0.941. The second-order valence-corrected chi connectivity index (χ2v) is 3.84. The Balaban J connectivity index is 2.38. The van der Waals surface area contributed by atoms with Crippen molar-refractivity contribution in [3.8, 4) is 0 Å². The quantitative estimate of drug-likeness (QED) is 0.715. The molecular formula is C10H15NO2. The van der Waals surface area contributed by atoms with Crippen LogP contribution < -0.4 is 5.73 Å². The van der Waals surface area contributed by atoms with Crippen LogP contribution in [0.5, 0.6) is 0 Å². The maximum Gasteiger partial charge on any atom is 0.138 e. The van der Waals surface area contributed by atoms with E-state index in [1.807, 2.05) is 13.0 Å². The van der Waals surface area contributed by atoms with Crippen molar-refractivity contribution in [2.75, 3.05) is 6.54 Å². The molecule has 0 radical (unpaired) electrons. The van der Waals surface area contributed by atoms with Crippen molar-refractivity contribution >= 4 is 0 Å². The highest BCUT2D eigenvalue weighted by Crippen LogP contribution is 2.43. The Hall–Kier alpha value is -0.800. The molecule has 2 rings (SSSR count). The van der Waals surface area contributed by atoms with E-state index in [0.29, 0.717) is 13.0 Å². The molecule has 1 heterocycles. The third-order valence-electron chi connectivity index (χ3n) is 3.01. The molecule has 3 N–H and O–H groups in total. The normalized spacial score (nSPS) is 32.1. The van der Waals surface area contributed by atoms with E-state index in [0.717, 1.165) is 17.7 Å². The van der Waals surface area contributed by atoms with Gasteiger partial charge in [-0.3, -0.25) is 0 Å². The number of hydrogen-bond donors (Lipinski definition) is 2. The summed E-state index contributed by atoms with van der Waals surface area (Å²) in [4.78, 5) is 0. The topological polar surface area (TPSA) is 59.4 Å². The summed E-state index contributed by atoms with van der Waals surface area (Å²) in [6, 6.07) is 1.93. The van der Waals surface area contributed by atoms with E-state index in [1.165, 1.54) is 0 Å². The lowest BCUT2D eigenvalue weighted by atomic mass is 9.88. The number of nitrogens with two attached hydrogens (primary N) is 1. The van der Waals surface area contributed by atoms with Crippen LogP contribution in [-0.4, -0.2) is 11.7 Å². The first-order valence-corrected chi connectivity index (χ1v) is 4.68. The van der Waals surface area contributed by atoms with Crippen molar-refractivity contribution in [3.63, 3.8) is 0 Å². The average molecular weight is 181 g/mol. The smallest absolute Gasteiger partial charge is 0.138 e. The van der Waals surface area contributed by atoms with E-state index in [9.17, 15) is 5.11 Å². The number of rotatable bonds is 2. The van der Waals surface area contributed by atoms with E-state index in [2.05, 4.69) is 0 Å². The van der Waals surface area contributed by atoms with Gasteiger partial charge >= 0.3 is 0 Å². The van der Waals surface area contributed by atoms with Gasteiger partial charge in [-0.1, -0.05) is 6.92 Å². The van der Waals surface area contributed by atoms with Gasteiger partial charge in [0.25, 0.3) is 0 Å². The monoisotopic (exact) mass is 181 g/mol. The molecule has 1 aliphatic carbocycles. The molecule has 0 saturated heterocycles. The number of hydrogen-bond acceptors (Lipinski definition) is 3. The number of fused-ring (bicyclic) bond motifs is 1. The van der Waals surface area contributed by atoms with Crippen LogP contribution in [0.4, 0.5) is 0 Å². The van der Waals surface area contributed by atoms with Gasteiger partial charge in [0.15, 0.2) is 0 Å². The Bertz CT molecular complexity index is 308. The predicted octanol–water partition coefficient (Wildman–Crippen LogP) is 1.01. The van der Waals surface area contributed by atoms with Crippen LogP contribution in [0.1, 0.15) is 24.7 Å². The van der Waals surface area contributed by atoms with Gasteiger partial charge in [-0.2, -0.15) is 0 Å². The van der Waals surface area contributed by atoms with Crippen molar-refractivity contribution in [1.29, 1.82) is 0 Å². The molecular weight excluding hydrogens is 166 g/mol. The minimum atomic E-state index is -0.826. The maximum absolute atomic E-state index is 10.3. The summed E-state index contributed by atoms with van der Waals surface area (Å²) in [6.45, 7) is 2.52. The van der Waals surface area contributed by atoms with Gasteiger partial charge in [-0.05, 0) is 36.9 Å². The van der Waals surface area contributed by atoms with Crippen LogP contribution in [0.3, 0.4) is 0 Å². The molecule has 0 aromatic carbocycles. The summed E-state index contributed by atoms with van der Waals surface area (Å²) in [7, 11) is 0. The first-order chi connectivity index (χ1) is 6.18. The van der Waals surface area contributed by atoms with Gasteiger partial charge in [0.05, 0.1) is 6.26 Å². The molecule has 1 aliphatic rings. The Morgan fingerprint density at radius 3 is 3.23 bits per heavy atom. The van der Waals surface area contributed by atoms with Crippen molar-refractivity contribution in [2.45, 2.75) is 25.4 Å². The fourth-order valence-corrected chi connectivity index (χ4v) is 2.18. The first-order valence-electron chi connectivity index (χ1n) is 4.68. The van der Waals surface area contributed by atoms with Crippen LogP contribution in [0.15, 0.2) is 16.7 Å². The standard InChI is InChI=1S/C10H15NO2/c1-7-6-8-2-5-13-9(8)10(7,12)3-4-11/h2,5,7,12H,3-4,6,11H2,1H3. The highest BCUT2D eigenvalue weighted by molar-refractivity contribution is 5.30. The fraction of sp³-hybridized carbons (Fsp3) is 0.600. The highest BCUT2D eigenvalue weighted by atomic mass is 16.4. The maximum atomic E-state index is 10.3. The molecule has 1 aromatic rings. The van der Waals surface area contributed by atoms with E-state index in [1.54, 1.807) is 6.26 Å². The third kappa shape index (κ3) is 1.11. The molecule has 0 saturated carbocycles. The van der Waals surface area contributed by atoms with Gasteiger partial charge in [0, 0.05) is 0 Å². The average Bonchev–Trinajstić information content (AvgIpc) is 2.59. The minimum Gasteiger partial charge on any atom is -0.466 e. The summed E-state index contributed by atoms with van der Waals surface area (Å²) in [6.07, 6.45) is 3.11. The Morgan fingerprint density at radius 2 is 2.54 bits per heavy atom. The van der Waals surface area contributed by atoms with Crippen molar-refractivity contribution in [3.05, 3.63) is 23.7 Å². The predicted molar refractivity (Wildman–Crippen MR) is 49.1 cm³/mol. The van der Waals surface area contributed by atoms with Crippen LogP contribution in [0.25, 0.3) is 0 Å². The van der Waals surface area contributed by atoms with Crippen LogP contribution in [0.2, 0.25) is 0 Å². The largest absolute Gasteiger partial charge is 0.466 e. The summed E-state index contributed by atoms with van der Waals surface area (Å²) in [5, 5.41) is 10.3. The molecule has 3 heteroatoms. The second kappa shape index (κ2) is 2.86. The van der Waals surface area contributed by atoms with Crippen molar-refractivity contribution in [1.82, 2.24) is 0 Å². The van der Waals surface area contributed by atoms with E-state index >= 15 is 0 Å². The molecule has 72 valence electrons. The molecule has 1 aromatic heterocycles. The lowest BCUT2D eigenvalue weighted by Crippen LogP contribution is -2.32. The molecule has 2 unspecified atom stereocenters. The molecule has 2 atom stereocenters. The molecule has 0 spiro atoms. The van der Waals surface area contributed by atoms with Gasteiger partial charge in [-0.25, -0.2) is 0 Å². The van der Waals surface area contributed by atoms with E-state index < -0.39 is 5.60 Å². The van der Waals surface area contributed by atoms with Crippen molar-refractivity contribution < 1.29 is 9.52 Å². The third-order valence-corrected chi connectivity index (χ3v) is 3.01. The summed E-state index contributed by atoms with van der Waals surface area (Å²) < 4.78 is 5.31. The zero-order valence-corrected chi connectivity index (χ0v) is 7.79. The minimum absolute atomic E-state index is 0.214. The highest BCUT2D eigenvalue weighted by Gasteiger charge is 2.45. The summed E-state index contributed by atoms with van der Waals surface area (Å²) in [5.41, 5.74) is 5.78. The van der Waals surface area contributed by atoms with Gasteiger partial charge in [0.2, 0.25) is 0 Å². The molecule has 0 fully saturated rings. The zero-order valence-electron chi connectivity index (χ0n) is 7.79. The molecule has 0 bridgehead atoms. The molecule has 13 heavy (non-hydrogen) atoms. The van der Waals surface area contributed by atoms with Crippen LogP contribution >= 0.6 is 0 Å². The van der Waals surface area contributed by atoms with Gasteiger partial charge in [-0.15, -0.1) is 0 Å². The number of furan rings is 1. The summed E-state index contributed by atoms with van der Waals surface area (Å²) >= 11 is 0. The van der Waals surface area contributed by atoms with Gasteiger partial charge < -0.3 is 15.3 Å². The fourth-order valence-electron chi connectivity index (χ4n) is 2.18. The zero-order chi connectivity index (χ0) is 9.47. The van der Waals surface area contributed by atoms with E-state index in [-0.39, 0.29) is 5.92 Å². The van der Waals surface area contributed by atoms with Crippen molar-refractivity contribution in [2.24, 2.45) is 11.7 Å².